The van der Waals surface area contributed by atoms with E-state index in [1.54, 1.807) is 0 Å². The fourth-order valence-corrected chi connectivity index (χ4v) is 5.11. The first kappa shape index (κ1) is 14.6. The molecular weight excluding hydrogens is 332 g/mol. The van der Waals surface area contributed by atoms with E-state index in [0.717, 1.165) is 22.7 Å². The van der Waals surface area contributed by atoms with Gasteiger partial charge < -0.3 is 0 Å². The van der Waals surface area contributed by atoms with Crippen molar-refractivity contribution in [2.24, 2.45) is 0 Å². The van der Waals surface area contributed by atoms with Gasteiger partial charge in [0.2, 0.25) is 0 Å². The summed E-state index contributed by atoms with van der Waals surface area (Å²) < 4.78 is 62.1. The van der Waals surface area contributed by atoms with Gasteiger partial charge in [-0.05, 0) is 34.0 Å². The van der Waals surface area contributed by atoms with Gasteiger partial charge in [0.05, 0.1) is 0 Å². The highest BCUT2D eigenvalue weighted by molar-refractivity contribution is 7.88. The third kappa shape index (κ3) is 3.22. The Morgan fingerprint density at radius 3 is 1.53 bits per heavy atom. The maximum Gasteiger partial charge on any atom is 0.304 e. The number of rotatable bonds is 4. The molecule has 0 aliphatic rings. The van der Waals surface area contributed by atoms with Crippen LogP contribution in [0.4, 0.5) is 0 Å². The van der Waals surface area contributed by atoms with Crippen LogP contribution in [0.1, 0.15) is 11.1 Å². The standard InChI is InChI=1S/C9H8O6S4/c10-18(11,12)8-6(1-3-16-8)5-7-2-4-17-9(7)19(13,14)15/h1-4H,5H2,(H,10,11,12)(H,13,14,15). The van der Waals surface area contributed by atoms with E-state index >= 15 is 0 Å². The van der Waals surface area contributed by atoms with Gasteiger partial charge in [-0.15, -0.1) is 22.7 Å². The number of hydrogen-bond acceptors (Lipinski definition) is 6. The van der Waals surface area contributed by atoms with E-state index in [0.29, 0.717) is 0 Å². The molecule has 0 saturated heterocycles. The van der Waals surface area contributed by atoms with E-state index in [1.807, 2.05) is 0 Å². The molecule has 2 rings (SSSR count). The molecule has 0 aliphatic heterocycles. The SMILES string of the molecule is O=S(=O)(O)c1sccc1Cc1ccsc1S(=O)(=O)O. The van der Waals surface area contributed by atoms with Gasteiger partial charge in [-0.25, -0.2) is 0 Å². The predicted octanol–water partition coefficient (Wildman–Crippen LogP) is 1.89. The lowest BCUT2D eigenvalue weighted by atomic mass is 10.1. The molecule has 0 radical (unpaired) electrons. The Morgan fingerprint density at radius 1 is 0.842 bits per heavy atom. The monoisotopic (exact) mass is 340 g/mol. The fraction of sp³-hybridized carbons (Fsp3) is 0.111. The molecule has 2 aromatic rings. The van der Waals surface area contributed by atoms with Gasteiger partial charge >= 0.3 is 20.2 Å². The Bertz CT molecular complexity index is 727. The van der Waals surface area contributed by atoms with Gasteiger partial charge in [-0.1, -0.05) is 0 Å². The van der Waals surface area contributed by atoms with E-state index in [1.165, 1.54) is 22.9 Å². The van der Waals surface area contributed by atoms with Gasteiger partial charge in [0.25, 0.3) is 0 Å². The average Bonchev–Trinajstić information content (AvgIpc) is 2.83. The summed E-state index contributed by atoms with van der Waals surface area (Å²) in [6.07, 6.45) is -0.00273. The normalized spacial score (nSPS) is 12.7. The van der Waals surface area contributed by atoms with Crippen molar-refractivity contribution in [2.75, 3.05) is 0 Å². The molecule has 0 saturated carbocycles. The van der Waals surface area contributed by atoms with Crippen LogP contribution in [0.3, 0.4) is 0 Å². The van der Waals surface area contributed by atoms with Crippen molar-refractivity contribution in [1.29, 1.82) is 0 Å². The highest BCUT2D eigenvalue weighted by atomic mass is 32.3. The maximum atomic E-state index is 11.1. The van der Waals surface area contributed by atoms with Gasteiger partial charge in [0.15, 0.2) is 0 Å². The third-order valence-electron chi connectivity index (χ3n) is 2.26. The largest absolute Gasteiger partial charge is 0.304 e. The summed E-state index contributed by atoms with van der Waals surface area (Å²) in [6, 6.07) is 2.97. The molecule has 10 heteroatoms. The summed E-state index contributed by atoms with van der Waals surface area (Å²) in [5, 5.41) is 2.97. The molecule has 0 unspecified atom stereocenters. The Hall–Kier alpha value is -0.780. The second-order valence-corrected chi connectivity index (χ2v) is 8.66. The van der Waals surface area contributed by atoms with Crippen molar-refractivity contribution < 1.29 is 25.9 Å². The molecule has 0 aliphatic carbocycles. The maximum absolute atomic E-state index is 11.1. The third-order valence-corrected chi connectivity index (χ3v) is 7.06. The van der Waals surface area contributed by atoms with E-state index in [-0.39, 0.29) is 26.0 Å². The van der Waals surface area contributed by atoms with Crippen LogP contribution in [-0.4, -0.2) is 25.9 Å². The number of hydrogen-bond donors (Lipinski definition) is 2. The van der Waals surface area contributed by atoms with Crippen molar-refractivity contribution in [1.82, 2.24) is 0 Å². The predicted molar refractivity (Wildman–Crippen MR) is 71.1 cm³/mol. The number of thiophene rings is 2. The molecular formula is C9H8O6S4. The Labute approximate surface area is 117 Å². The molecule has 2 aromatic heterocycles. The summed E-state index contributed by atoms with van der Waals surface area (Å²) >= 11 is 1.69. The minimum Gasteiger partial charge on any atom is -0.281 e. The zero-order valence-electron chi connectivity index (χ0n) is 9.18. The van der Waals surface area contributed by atoms with Crippen molar-refractivity contribution in [3.05, 3.63) is 34.0 Å². The van der Waals surface area contributed by atoms with Crippen LogP contribution < -0.4 is 0 Å². The Morgan fingerprint density at radius 2 is 1.21 bits per heavy atom. The molecule has 0 atom stereocenters. The van der Waals surface area contributed by atoms with Gasteiger partial charge in [0, 0.05) is 6.42 Å². The summed E-state index contributed by atoms with van der Waals surface area (Å²) in [5.41, 5.74) is 0.576. The van der Waals surface area contributed by atoms with Crippen LogP contribution in [0.5, 0.6) is 0 Å². The zero-order valence-corrected chi connectivity index (χ0v) is 12.4. The zero-order chi connectivity index (χ0) is 14.3. The first-order valence-electron chi connectivity index (χ1n) is 4.77. The van der Waals surface area contributed by atoms with Crippen molar-refractivity contribution >= 4 is 42.9 Å². The minimum absolute atomic E-state index is 0.00273. The Kier molecular flexibility index (Phi) is 3.82. The van der Waals surface area contributed by atoms with Crippen LogP contribution in [0, 0.1) is 0 Å². The summed E-state index contributed by atoms with van der Waals surface area (Å²) in [4.78, 5) is 0. The molecule has 0 spiro atoms. The van der Waals surface area contributed by atoms with Gasteiger partial charge in [-0.2, -0.15) is 16.8 Å². The van der Waals surface area contributed by atoms with Gasteiger partial charge in [-0.3, -0.25) is 9.11 Å². The van der Waals surface area contributed by atoms with Crippen LogP contribution in [-0.2, 0) is 26.7 Å². The first-order valence-corrected chi connectivity index (χ1v) is 9.41. The van der Waals surface area contributed by atoms with Crippen LogP contribution >= 0.6 is 22.7 Å². The lowest BCUT2D eigenvalue weighted by Crippen LogP contribution is -2.02. The van der Waals surface area contributed by atoms with E-state index in [2.05, 4.69) is 0 Å². The van der Waals surface area contributed by atoms with Gasteiger partial charge in [0.1, 0.15) is 8.42 Å². The van der Waals surface area contributed by atoms with Crippen LogP contribution in [0.25, 0.3) is 0 Å². The Balaban J connectivity index is 2.45. The van der Waals surface area contributed by atoms with Crippen LogP contribution in [0.2, 0.25) is 0 Å². The topological polar surface area (TPSA) is 109 Å². The average molecular weight is 340 g/mol. The second kappa shape index (κ2) is 4.96. The van der Waals surface area contributed by atoms with Crippen molar-refractivity contribution in [3.8, 4) is 0 Å². The lowest BCUT2D eigenvalue weighted by Gasteiger charge is -2.02. The van der Waals surface area contributed by atoms with E-state index in [9.17, 15) is 16.8 Å². The highest BCUT2D eigenvalue weighted by Gasteiger charge is 2.21. The summed E-state index contributed by atoms with van der Waals surface area (Å²) in [5.74, 6) is 0. The lowest BCUT2D eigenvalue weighted by molar-refractivity contribution is 0.483. The molecule has 104 valence electrons. The van der Waals surface area contributed by atoms with E-state index in [4.69, 9.17) is 9.11 Å². The molecule has 19 heavy (non-hydrogen) atoms. The smallest absolute Gasteiger partial charge is 0.281 e. The molecule has 2 N–H and O–H groups in total. The summed E-state index contributed by atoms with van der Waals surface area (Å²) in [6.45, 7) is 0. The fourth-order valence-electron chi connectivity index (χ4n) is 1.56. The second-order valence-electron chi connectivity index (χ2n) is 3.59. The molecule has 0 bridgehead atoms. The molecule has 6 nitrogen and oxygen atoms in total. The van der Waals surface area contributed by atoms with E-state index < -0.39 is 20.2 Å². The molecule has 0 fully saturated rings. The quantitative estimate of drug-likeness (QED) is 0.823. The first-order chi connectivity index (χ1) is 8.69. The summed E-state index contributed by atoms with van der Waals surface area (Å²) in [7, 11) is -8.66. The van der Waals surface area contributed by atoms with Crippen molar-refractivity contribution in [3.63, 3.8) is 0 Å². The van der Waals surface area contributed by atoms with Crippen LogP contribution in [0.15, 0.2) is 31.3 Å². The minimum atomic E-state index is -4.33. The highest BCUT2D eigenvalue weighted by Crippen LogP contribution is 2.29. The van der Waals surface area contributed by atoms with Crippen molar-refractivity contribution in [2.45, 2.75) is 14.8 Å². The molecule has 2 heterocycles. The molecule has 0 aromatic carbocycles. The molecule has 0 amide bonds.